The van der Waals surface area contributed by atoms with Crippen molar-refractivity contribution in [2.24, 2.45) is 0 Å². The lowest BCUT2D eigenvalue weighted by Crippen LogP contribution is -2.03. The van der Waals surface area contributed by atoms with Crippen molar-refractivity contribution in [2.75, 3.05) is 0 Å². The zero-order chi connectivity index (χ0) is 17.1. The average molecular weight is 326 g/mol. The van der Waals surface area contributed by atoms with E-state index >= 15 is 0 Å². The third-order valence-electron chi connectivity index (χ3n) is 4.06. The van der Waals surface area contributed by atoms with E-state index in [2.05, 4.69) is 6.92 Å². The minimum Gasteiger partial charge on any atom is -0.488 e. The van der Waals surface area contributed by atoms with Crippen LogP contribution >= 0.6 is 0 Å². The quantitative estimate of drug-likeness (QED) is 0.634. The van der Waals surface area contributed by atoms with Crippen LogP contribution < -0.4 is 10.4 Å². The van der Waals surface area contributed by atoms with Crippen LogP contribution in [0.3, 0.4) is 0 Å². The number of ether oxygens (including phenoxy) is 1. The van der Waals surface area contributed by atoms with Gasteiger partial charge in [-0.3, -0.25) is 0 Å². The van der Waals surface area contributed by atoms with Gasteiger partial charge >= 0.3 is 5.63 Å². The molecule has 3 rings (SSSR count). The molecule has 0 amide bonds. The molecule has 0 radical (unpaired) electrons. The fourth-order valence-electron chi connectivity index (χ4n) is 2.81. The average Bonchev–Trinajstić information content (AvgIpc) is 2.56. The van der Waals surface area contributed by atoms with Gasteiger partial charge in [-0.25, -0.2) is 9.18 Å². The summed E-state index contributed by atoms with van der Waals surface area (Å²) >= 11 is 0. The third-order valence-corrected chi connectivity index (χ3v) is 4.06. The maximum atomic E-state index is 13.7. The molecule has 0 N–H and O–H groups in total. The highest BCUT2D eigenvalue weighted by atomic mass is 19.1. The van der Waals surface area contributed by atoms with Gasteiger partial charge in [-0.2, -0.15) is 0 Å². The second kappa shape index (κ2) is 6.87. The first-order valence-corrected chi connectivity index (χ1v) is 8.02. The monoisotopic (exact) mass is 326 g/mol. The Kier molecular flexibility index (Phi) is 4.65. The molecule has 2 aromatic carbocycles. The number of halogens is 1. The molecule has 0 aliphatic carbocycles. The smallest absolute Gasteiger partial charge is 0.336 e. The maximum absolute atomic E-state index is 13.7. The molecule has 4 heteroatoms. The summed E-state index contributed by atoms with van der Waals surface area (Å²) in [5, 5.41) is 0.923. The highest BCUT2D eigenvalue weighted by molar-refractivity contribution is 5.84. The second-order valence-corrected chi connectivity index (χ2v) is 5.79. The summed E-state index contributed by atoms with van der Waals surface area (Å²) < 4.78 is 24.8. The van der Waals surface area contributed by atoms with E-state index < -0.39 is 0 Å². The molecule has 0 aliphatic heterocycles. The van der Waals surface area contributed by atoms with Crippen molar-refractivity contribution in [2.45, 2.75) is 33.3 Å². The first-order chi connectivity index (χ1) is 11.6. The Morgan fingerprint density at radius 1 is 1.12 bits per heavy atom. The van der Waals surface area contributed by atoms with E-state index in [0.717, 1.165) is 29.4 Å². The minimum absolute atomic E-state index is 0.123. The van der Waals surface area contributed by atoms with Crippen LogP contribution in [-0.2, 0) is 13.0 Å². The van der Waals surface area contributed by atoms with Crippen molar-refractivity contribution < 1.29 is 13.5 Å². The molecule has 0 bridgehead atoms. The van der Waals surface area contributed by atoms with Crippen LogP contribution in [0, 0.1) is 12.7 Å². The number of benzene rings is 2. The Balaban J connectivity index is 1.97. The van der Waals surface area contributed by atoms with E-state index in [1.54, 1.807) is 24.3 Å². The van der Waals surface area contributed by atoms with E-state index in [1.807, 2.05) is 19.1 Å². The molecule has 1 aromatic heterocycles. The van der Waals surface area contributed by atoms with Gasteiger partial charge in [0.1, 0.15) is 23.8 Å². The Labute approximate surface area is 139 Å². The van der Waals surface area contributed by atoms with Crippen molar-refractivity contribution in [1.82, 2.24) is 0 Å². The molecule has 0 unspecified atom stereocenters. The minimum atomic E-state index is -0.361. The highest BCUT2D eigenvalue weighted by Crippen LogP contribution is 2.29. The number of rotatable bonds is 5. The van der Waals surface area contributed by atoms with Crippen LogP contribution in [0.15, 0.2) is 51.7 Å². The predicted octanol–water partition coefficient (Wildman–Crippen LogP) is 4.77. The topological polar surface area (TPSA) is 39.4 Å². The lowest BCUT2D eigenvalue weighted by molar-refractivity contribution is 0.297. The third kappa shape index (κ3) is 3.18. The molecule has 3 aromatic rings. The van der Waals surface area contributed by atoms with E-state index in [1.165, 1.54) is 6.07 Å². The number of aryl methyl sites for hydroxylation is 2. The molecule has 1 heterocycles. The lowest BCUT2D eigenvalue weighted by atomic mass is 10.0. The summed E-state index contributed by atoms with van der Waals surface area (Å²) in [6.45, 7) is 4.04. The molecule has 24 heavy (non-hydrogen) atoms. The fourth-order valence-corrected chi connectivity index (χ4v) is 2.81. The highest BCUT2D eigenvalue weighted by Gasteiger charge is 2.12. The molecule has 124 valence electrons. The summed E-state index contributed by atoms with van der Waals surface area (Å²) in [7, 11) is 0. The first kappa shape index (κ1) is 16.2. The van der Waals surface area contributed by atoms with Crippen molar-refractivity contribution in [3.63, 3.8) is 0 Å². The number of hydrogen-bond donors (Lipinski definition) is 0. The zero-order valence-electron chi connectivity index (χ0n) is 13.8. The van der Waals surface area contributed by atoms with Gasteiger partial charge in [0.2, 0.25) is 0 Å². The zero-order valence-corrected chi connectivity index (χ0v) is 13.8. The molecular formula is C20H19FO3. The van der Waals surface area contributed by atoms with Gasteiger partial charge in [0.05, 0.1) is 0 Å². The van der Waals surface area contributed by atoms with Gasteiger partial charge in [-0.05, 0) is 37.1 Å². The Hall–Kier alpha value is -2.62. The molecule has 0 fully saturated rings. The number of hydrogen-bond acceptors (Lipinski definition) is 3. The summed E-state index contributed by atoms with van der Waals surface area (Å²) in [5.74, 6) is 0.287. The van der Waals surface area contributed by atoms with Crippen LogP contribution in [-0.4, -0.2) is 0 Å². The normalized spacial score (nSPS) is 11.0. The summed E-state index contributed by atoms with van der Waals surface area (Å²) in [6, 6.07) is 11.8. The molecule has 3 nitrogen and oxygen atoms in total. The predicted molar refractivity (Wildman–Crippen MR) is 91.9 cm³/mol. The van der Waals surface area contributed by atoms with Crippen LogP contribution in [0.2, 0.25) is 0 Å². The SMILES string of the molecule is CCCc1cc(=O)oc2c(C)c(OCc3ccccc3F)ccc12. The van der Waals surface area contributed by atoms with Gasteiger partial charge in [0.15, 0.2) is 0 Å². The first-order valence-electron chi connectivity index (χ1n) is 8.02. The summed E-state index contributed by atoms with van der Waals surface area (Å²) in [4.78, 5) is 11.8. The molecule has 0 saturated heterocycles. The van der Waals surface area contributed by atoms with Crippen molar-refractivity contribution >= 4 is 11.0 Å². The van der Waals surface area contributed by atoms with Crippen molar-refractivity contribution in [1.29, 1.82) is 0 Å². The molecular weight excluding hydrogens is 307 g/mol. The second-order valence-electron chi connectivity index (χ2n) is 5.79. The summed E-state index contributed by atoms with van der Waals surface area (Å²) in [6.07, 6.45) is 1.76. The van der Waals surface area contributed by atoms with Gasteiger partial charge in [0, 0.05) is 22.6 Å². The van der Waals surface area contributed by atoms with Crippen LogP contribution in [0.5, 0.6) is 5.75 Å². The van der Waals surface area contributed by atoms with Crippen LogP contribution in [0.25, 0.3) is 11.0 Å². The lowest BCUT2D eigenvalue weighted by Gasteiger charge is -2.12. The Morgan fingerprint density at radius 2 is 1.92 bits per heavy atom. The Bertz CT molecular complexity index is 928. The van der Waals surface area contributed by atoms with Crippen molar-refractivity contribution in [3.8, 4) is 5.75 Å². The fraction of sp³-hybridized carbons (Fsp3) is 0.250. The largest absolute Gasteiger partial charge is 0.488 e. The molecule has 0 saturated carbocycles. The number of fused-ring (bicyclic) bond motifs is 1. The van der Waals surface area contributed by atoms with Crippen LogP contribution in [0.1, 0.15) is 30.0 Å². The molecule has 0 aliphatic rings. The van der Waals surface area contributed by atoms with Gasteiger partial charge < -0.3 is 9.15 Å². The van der Waals surface area contributed by atoms with Gasteiger partial charge in [0.25, 0.3) is 0 Å². The maximum Gasteiger partial charge on any atom is 0.336 e. The van der Waals surface area contributed by atoms with E-state index in [9.17, 15) is 9.18 Å². The molecule has 0 atom stereocenters. The van der Waals surface area contributed by atoms with Crippen LogP contribution in [0.4, 0.5) is 4.39 Å². The van der Waals surface area contributed by atoms with E-state index in [0.29, 0.717) is 16.9 Å². The van der Waals surface area contributed by atoms with E-state index in [4.69, 9.17) is 9.15 Å². The Morgan fingerprint density at radius 3 is 2.67 bits per heavy atom. The van der Waals surface area contributed by atoms with Gasteiger partial charge in [-0.15, -0.1) is 0 Å². The molecule has 0 spiro atoms. The van der Waals surface area contributed by atoms with Gasteiger partial charge in [-0.1, -0.05) is 31.5 Å². The van der Waals surface area contributed by atoms with Crippen molar-refractivity contribution in [3.05, 3.63) is 75.4 Å². The standard InChI is InChI=1S/C20H19FO3/c1-3-6-14-11-19(22)24-20-13(2)18(10-9-16(14)20)23-12-15-7-4-5-8-17(15)21/h4-5,7-11H,3,6,12H2,1-2H3. The summed E-state index contributed by atoms with van der Waals surface area (Å²) in [5.41, 5.74) is 2.39. The van der Waals surface area contributed by atoms with E-state index in [-0.39, 0.29) is 18.0 Å².